The zero-order valence-corrected chi connectivity index (χ0v) is 12.6. The van der Waals surface area contributed by atoms with E-state index in [0.29, 0.717) is 6.54 Å². The molecule has 0 aliphatic rings. The van der Waals surface area contributed by atoms with Crippen molar-refractivity contribution in [3.63, 3.8) is 0 Å². The molecule has 0 aliphatic heterocycles. The summed E-state index contributed by atoms with van der Waals surface area (Å²) in [5.41, 5.74) is 1.05. The first-order valence-corrected chi connectivity index (χ1v) is 7.79. The molecular weight excluding hydrogens is 258 g/mol. The molecule has 0 amide bonds. The monoisotopic (exact) mass is 281 g/mol. The van der Waals surface area contributed by atoms with Gasteiger partial charge in [-0.2, -0.15) is 11.8 Å². The van der Waals surface area contributed by atoms with Gasteiger partial charge in [0.25, 0.3) is 0 Å². The molecule has 19 heavy (non-hydrogen) atoms. The van der Waals surface area contributed by atoms with Crippen LogP contribution >= 0.6 is 11.8 Å². The number of guanidine groups is 1. The molecule has 0 unspecified atom stereocenters. The molecule has 0 spiro atoms. The number of thioether (sulfide) groups is 1. The van der Waals surface area contributed by atoms with Crippen LogP contribution in [0.3, 0.4) is 0 Å². The number of rotatable bonds is 8. The normalized spacial score (nSPS) is 11.4. The maximum Gasteiger partial charge on any atom is 0.191 e. The lowest BCUT2D eigenvalue weighted by atomic mass is 10.3. The van der Waals surface area contributed by atoms with E-state index in [-0.39, 0.29) is 0 Å². The molecule has 1 heterocycles. The van der Waals surface area contributed by atoms with E-state index in [0.717, 1.165) is 42.6 Å². The van der Waals surface area contributed by atoms with Crippen LogP contribution in [0.25, 0.3) is 0 Å². The largest absolute Gasteiger partial charge is 0.469 e. The van der Waals surface area contributed by atoms with Gasteiger partial charge in [-0.3, -0.25) is 0 Å². The Labute approximate surface area is 119 Å². The number of nitrogens with zero attached hydrogens (tertiary/aromatic N) is 1. The minimum absolute atomic E-state index is 0.648. The maximum absolute atomic E-state index is 5.29. The molecule has 1 aromatic heterocycles. The van der Waals surface area contributed by atoms with Gasteiger partial charge in [0.2, 0.25) is 0 Å². The molecular formula is C14H23N3OS. The van der Waals surface area contributed by atoms with E-state index >= 15 is 0 Å². The highest BCUT2D eigenvalue weighted by molar-refractivity contribution is 7.98. The summed E-state index contributed by atoms with van der Waals surface area (Å²) in [4.78, 5) is 4.47. The third-order valence-electron chi connectivity index (χ3n) is 2.35. The lowest BCUT2D eigenvalue weighted by Gasteiger charge is -2.11. The standard InChI is InChI=1S/C14H23N3OS/c1-12(2)11-17-14(16-8-10-19-3)15-7-6-13-5-4-9-18-13/h4-5,9H,1,6-8,10-11H2,2-3H3,(H2,15,16,17). The van der Waals surface area contributed by atoms with Crippen LogP contribution in [-0.2, 0) is 6.42 Å². The minimum atomic E-state index is 0.648. The number of hydrogen-bond acceptors (Lipinski definition) is 3. The Bertz CT molecular complexity index is 387. The molecule has 0 aromatic carbocycles. The lowest BCUT2D eigenvalue weighted by molar-refractivity contribution is 0.507. The molecule has 0 atom stereocenters. The molecule has 0 saturated carbocycles. The molecule has 2 N–H and O–H groups in total. The lowest BCUT2D eigenvalue weighted by Crippen LogP contribution is -2.39. The minimum Gasteiger partial charge on any atom is -0.469 e. The third kappa shape index (κ3) is 7.62. The van der Waals surface area contributed by atoms with Gasteiger partial charge < -0.3 is 15.1 Å². The van der Waals surface area contributed by atoms with Crippen molar-refractivity contribution in [2.24, 2.45) is 4.99 Å². The van der Waals surface area contributed by atoms with Crippen LogP contribution in [0.15, 0.2) is 40.0 Å². The fraction of sp³-hybridized carbons (Fsp3) is 0.500. The number of aliphatic imine (C=N–C) groups is 1. The van der Waals surface area contributed by atoms with Crippen LogP contribution < -0.4 is 10.6 Å². The first-order valence-electron chi connectivity index (χ1n) is 6.40. The molecule has 106 valence electrons. The van der Waals surface area contributed by atoms with Gasteiger partial charge >= 0.3 is 0 Å². The molecule has 0 bridgehead atoms. The molecule has 4 nitrogen and oxygen atoms in total. The van der Waals surface area contributed by atoms with Crippen LogP contribution in [0, 0.1) is 0 Å². The fourth-order valence-electron chi connectivity index (χ4n) is 1.42. The van der Waals surface area contributed by atoms with E-state index in [1.165, 1.54) is 0 Å². The van der Waals surface area contributed by atoms with Gasteiger partial charge in [-0.05, 0) is 25.3 Å². The highest BCUT2D eigenvalue weighted by Gasteiger charge is 1.99. The van der Waals surface area contributed by atoms with Crippen molar-refractivity contribution in [2.75, 3.05) is 31.6 Å². The van der Waals surface area contributed by atoms with Crippen LogP contribution in [0.4, 0.5) is 0 Å². The highest BCUT2D eigenvalue weighted by atomic mass is 32.2. The second-order valence-electron chi connectivity index (χ2n) is 4.30. The fourth-order valence-corrected chi connectivity index (χ4v) is 1.72. The predicted molar refractivity (Wildman–Crippen MR) is 83.9 cm³/mol. The van der Waals surface area contributed by atoms with Crippen molar-refractivity contribution in [3.05, 3.63) is 36.3 Å². The molecule has 0 radical (unpaired) electrons. The van der Waals surface area contributed by atoms with Crippen molar-refractivity contribution >= 4 is 17.7 Å². The van der Waals surface area contributed by atoms with E-state index in [1.807, 2.05) is 30.8 Å². The highest BCUT2D eigenvalue weighted by Crippen LogP contribution is 1.99. The number of furan rings is 1. The van der Waals surface area contributed by atoms with Gasteiger partial charge in [0.05, 0.1) is 12.8 Å². The number of hydrogen-bond donors (Lipinski definition) is 2. The third-order valence-corrected chi connectivity index (χ3v) is 2.96. The van der Waals surface area contributed by atoms with Gasteiger partial charge in [0, 0.05) is 25.3 Å². The van der Waals surface area contributed by atoms with Crippen molar-refractivity contribution < 1.29 is 4.42 Å². The van der Waals surface area contributed by atoms with Gasteiger partial charge in [0.15, 0.2) is 5.96 Å². The zero-order valence-electron chi connectivity index (χ0n) is 11.7. The van der Waals surface area contributed by atoms with Gasteiger partial charge in [-0.25, -0.2) is 4.99 Å². The summed E-state index contributed by atoms with van der Waals surface area (Å²) in [6.07, 6.45) is 4.64. The quantitative estimate of drug-likeness (QED) is 0.332. The zero-order chi connectivity index (χ0) is 13.9. The Morgan fingerprint density at radius 3 is 2.84 bits per heavy atom. The summed E-state index contributed by atoms with van der Waals surface area (Å²) >= 11 is 1.81. The topological polar surface area (TPSA) is 49.6 Å². The van der Waals surface area contributed by atoms with Crippen LogP contribution in [-0.4, -0.2) is 37.6 Å². The van der Waals surface area contributed by atoms with Crippen LogP contribution in [0.1, 0.15) is 12.7 Å². The van der Waals surface area contributed by atoms with E-state index in [4.69, 9.17) is 4.42 Å². The Kier molecular flexibility index (Phi) is 7.89. The van der Waals surface area contributed by atoms with E-state index < -0.39 is 0 Å². The molecule has 1 rings (SSSR count). The van der Waals surface area contributed by atoms with Crippen molar-refractivity contribution in [2.45, 2.75) is 13.3 Å². The van der Waals surface area contributed by atoms with Gasteiger partial charge in [-0.1, -0.05) is 12.2 Å². The summed E-state index contributed by atoms with van der Waals surface area (Å²) < 4.78 is 5.29. The maximum atomic E-state index is 5.29. The predicted octanol–water partition coefficient (Wildman–Crippen LogP) is 2.30. The van der Waals surface area contributed by atoms with Crippen molar-refractivity contribution in [1.29, 1.82) is 0 Å². The van der Waals surface area contributed by atoms with Crippen molar-refractivity contribution in [3.8, 4) is 0 Å². The Morgan fingerprint density at radius 1 is 1.42 bits per heavy atom. The molecule has 0 saturated heterocycles. The molecule has 5 heteroatoms. The first-order chi connectivity index (χ1) is 9.22. The Hall–Kier alpha value is -1.36. The first kappa shape index (κ1) is 15.7. The van der Waals surface area contributed by atoms with Crippen LogP contribution in [0.5, 0.6) is 0 Å². The Morgan fingerprint density at radius 2 is 2.21 bits per heavy atom. The SMILES string of the molecule is C=C(C)CN=C(NCCSC)NCCc1ccco1. The summed E-state index contributed by atoms with van der Waals surface area (Å²) in [6, 6.07) is 3.88. The summed E-state index contributed by atoms with van der Waals surface area (Å²) in [5, 5.41) is 6.60. The second-order valence-corrected chi connectivity index (χ2v) is 5.28. The summed E-state index contributed by atoms with van der Waals surface area (Å²) in [7, 11) is 0. The van der Waals surface area contributed by atoms with Crippen molar-refractivity contribution in [1.82, 2.24) is 10.6 Å². The van der Waals surface area contributed by atoms with E-state index in [9.17, 15) is 0 Å². The van der Waals surface area contributed by atoms with Crippen LogP contribution in [0.2, 0.25) is 0 Å². The summed E-state index contributed by atoms with van der Waals surface area (Å²) in [6.45, 7) is 8.20. The molecule has 0 aliphatic carbocycles. The van der Waals surface area contributed by atoms with Gasteiger partial charge in [0.1, 0.15) is 5.76 Å². The smallest absolute Gasteiger partial charge is 0.191 e. The van der Waals surface area contributed by atoms with E-state index in [2.05, 4.69) is 28.5 Å². The average Bonchev–Trinajstić information content (AvgIpc) is 2.88. The second kappa shape index (κ2) is 9.55. The summed E-state index contributed by atoms with van der Waals surface area (Å²) in [5.74, 6) is 2.88. The molecule has 1 aromatic rings. The average molecular weight is 281 g/mol. The Balaban J connectivity index is 2.34. The number of nitrogens with one attached hydrogen (secondary N) is 2. The molecule has 0 fully saturated rings. The van der Waals surface area contributed by atoms with Gasteiger partial charge in [-0.15, -0.1) is 0 Å². The van der Waals surface area contributed by atoms with E-state index in [1.54, 1.807) is 6.26 Å².